The molecular formula is C15H28N2O2. The molecule has 4 nitrogen and oxygen atoms in total. The molecule has 1 heterocycles. The first-order valence-electron chi connectivity index (χ1n) is 7.77. The maximum Gasteiger partial charge on any atom is 0.223 e. The van der Waals surface area contributed by atoms with E-state index in [1.165, 1.54) is 32.1 Å². The summed E-state index contributed by atoms with van der Waals surface area (Å²) in [6, 6.07) is 0. The highest BCUT2D eigenvalue weighted by atomic mass is 16.5. The fraction of sp³-hybridized carbons (Fsp3) is 0.933. The van der Waals surface area contributed by atoms with Crippen LogP contribution >= 0.6 is 0 Å². The van der Waals surface area contributed by atoms with Crippen molar-refractivity contribution in [2.75, 3.05) is 26.8 Å². The van der Waals surface area contributed by atoms with Crippen LogP contribution in [0.4, 0.5) is 0 Å². The molecule has 1 saturated heterocycles. The lowest BCUT2D eigenvalue weighted by molar-refractivity contribution is -0.125. The van der Waals surface area contributed by atoms with Gasteiger partial charge in [-0.05, 0) is 32.2 Å². The van der Waals surface area contributed by atoms with Crippen molar-refractivity contribution in [2.45, 2.75) is 56.9 Å². The van der Waals surface area contributed by atoms with E-state index in [1.807, 2.05) is 0 Å². The van der Waals surface area contributed by atoms with Gasteiger partial charge in [-0.3, -0.25) is 4.79 Å². The molecule has 19 heavy (non-hydrogen) atoms. The Bertz CT molecular complexity index is 280. The third-order valence-corrected chi connectivity index (χ3v) is 4.58. The fourth-order valence-corrected chi connectivity index (χ4v) is 3.41. The molecule has 1 aliphatic heterocycles. The maximum atomic E-state index is 12.3. The highest BCUT2D eigenvalue weighted by Crippen LogP contribution is 2.24. The Labute approximate surface area is 116 Å². The van der Waals surface area contributed by atoms with Gasteiger partial charge in [0.1, 0.15) is 0 Å². The molecule has 4 heteroatoms. The Kier molecular flexibility index (Phi) is 5.64. The van der Waals surface area contributed by atoms with Crippen molar-refractivity contribution in [1.82, 2.24) is 10.6 Å². The molecule has 1 saturated carbocycles. The zero-order valence-electron chi connectivity index (χ0n) is 12.2. The lowest BCUT2D eigenvalue weighted by Gasteiger charge is -2.29. The van der Waals surface area contributed by atoms with Crippen molar-refractivity contribution in [3.63, 3.8) is 0 Å². The molecule has 0 bridgehead atoms. The standard InChI is InChI=1S/C15H28N2O2/c1-19-12-15(9-6-10-17-15)11-16-14(18)13-7-4-2-3-5-8-13/h13,17H,2-12H2,1H3,(H,16,18). The van der Waals surface area contributed by atoms with Gasteiger partial charge in [-0.2, -0.15) is 0 Å². The van der Waals surface area contributed by atoms with Crippen LogP contribution in [-0.4, -0.2) is 38.3 Å². The van der Waals surface area contributed by atoms with Gasteiger partial charge in [0.15, 0.2) is 0 Å². The second kappa shape index (κ2) is 7.25. The third kappa shape index (κ3) is 4.18. The fourth-order valence-electron chi connectivity index (χ4n) is 3.41. The monoisotopic (exact) mass is 268 g/mol. The molecule has 2 fully saturated rings. The molecule has 0 aromatic heterocycles. The number of ether oxygens (including phenoxy) is 1. The van der Waals surface area contributed by atoms with E-state index in [9.17, 15) is 4.79 Å². The summed E-state index contributed by atoms with van der Waals surface area (Å²) in [6.45, 7) is 2.41. The summed E-state index contributed by atoms with van der Waals surface area (Å²) in [5.41, 5.74) is -0.0326. The number of carbonyl (C=O) groups excluding carboxylic acids is 1. The molecule has 2 rings (SSSR count). The highest BCUT2D eigenvalue weighted by molar-refractivity contribution is 5.78. The minimum absolute atomic E-state index is 0.0326. The van der Waals surface area contributed by atoms with Crippen molar-refractivity contribution >= 4 is 5.91 Å². The first kappa shape index (κ1) is 14.8. The van der Waals surface area contributed by atoms with Crippen molar-refractivity contribution < 1.29 is 9.53 Å². The zero-order valence-corrected chi connectivity index (χ0v) is 12.2. The Morgan fingerprint density at radius 2 is 2.00 bits per heavy atom. The first-order chi connectivity index (χ1) is 9.26. The van der Waals surface area contributed by atoms with E-state index in [0.717, 1.165) is 25.8 Å². The first-order valence-corrected chi connectivity index (χ1v) is 7.77. The molecule has 2 N–H and O–H groups in total. The van der Waals surface area contributed by atoms with Crippen LogP contribution < -0.4 is 10.6 Å². The van der Waals surface area contributed by atoms with Gasteiger partial charge in [-0.1, -0.05) is 25.7 Å². The van der Waals surface area contributed by atoms with Crippen LogP contribution in [0.25, 0.3) is 0 Å². The molecule has 0 radical (unpaired) electrons. The Hall–Kier alpha value is -0.610. The molecule has 0 aromatic carbocycles. The minimum Gasteiger partial charge on any atom is -0.383 e. The quantitative estimate of drug-likeness (QED) is 0.748. The highest BCUT2D eigenvalue weighted by Gasteiger charge is 2.34. The van der Waals surface area contributed by atoms with E-state index in [1.54, 1.807) is 7.11 Å². The largest absolute Gasteiger partial charge is 0.383 e. The van der Waals surface area contributed by atoms with Gasteiger partial charge in [0, 0.05) is 19.6 Å². The third-order valence-electron chi connectivity index (χ3n) is 4.58. The van der Waals surface area contributed by atoms with Crippen LogP contribution in [0.15, 0.2) is 0 Å². The van der Waals surface area contributed by atoms with Gasteiger partial charge in [0.2, 0.25) is 5.91 Å². The average Bonchev–Trinajstić information content (AvgIpc) is 2.71. The number of hydrogen-bond acceptors (Lipinski definition) is 3. The summed E-state index contributed by atoms with van der Waals surface area (Å²) < 4.78 is 5.31. The van der Waals surface area contributed by atoms with Gasteiger partial charge in [0.05, 0.1) is 12.1 Å². The zero-order chi connectivity index (χ0) is 13.6. The van der Waals surface area contributed by atoms with Crippen LogP contribution in [0.5, 0.6) is 0 Å². The van der Waals surface area contributed by atoms with Gasteiger partial charge in [-0.25, -0.2) is 0 Å². The van der Waals surface area contributed by atoms with Gasteiger partial charge in [-0.15, -0.1) is 0 Å². The minimum atomic E-state index is -0.0326. The van der Waals surface area contributed by atoms with E-state index in [4.69, 9.17) is 4.74 Å². The number of amides is 1. The summed E-state index contributed by atoms with van der Waals surface area (Å²) in [7, 11) is 1.73. The normalized spacial score (nSPS) is 29.1. The lowest BCUT2D eigenvalue weighted by Crippen LogP contribution is -2.53. The summed E-state index contributed by atoms with van der Waals surface area (Å²) in [5.74, 6) is 0.495. The molecule has 2 aliphatic rings. The number of rotatable bonds is 5. The molecule has 1 atom stereocenters. The van der Waals surface area contributed by atoms with E-state index in [-0.39, 0.29) is 17.4 Å². The summed E-state index contributed by atoms with van der Waals surface area (Å²) in [4.78, 5) is 12.3. The second-order valence-corrected chi connectivity index (χ2v) is 6.15. The molecule has 1 aliphatic carbocycles. The maximum absolute atomic E-state index is 12.3. The van der Waals surface area contributed by atoms with Crippen molar-refractivity contribution in [3.8, 4) is 0 Å². The van der Waals surface area contributed by atoms with Crippen LogP contribution in [0.1, 0.15) is 51.4 Å². The number of carbonyl (C=O) groups is 1. The van der Waals surface area contributed by atoms with E-state index < -0.39 is 0 Å². The predicted molar refractivity (Wildman–Crippen MR) is 76.0 cm³/mol. The lowest BCUT2D eigenvalue weighted by atomic mass is 9.96. The van der Waals surface area contributed by atoms with E-state index >= 15 is 0 Å². The summed E-state index contributed by atoms with van der Waals surface area (Å²) in [6.07, 6.45) is 9.39. The van der Waals surface area contributed by atoms with Gasteiger partial charge in [0.25, 0.3) is 0 Å². The molecular weight excluding hydrogens is 240 g/mol. The molecule has 1 amide bonds. The van der Waals surface area contributed by atoms with Crippen molar-refractivity contribution in [3.05, 3.63) is 0 Å². The van der Waals surface area contributed by atoms with Crippen molar-refractivity contribution in [1.29, 1.82) is 0 Å². The van der Waals surface area contributed by atoms with Crippen LogP contribution in [0.3, 0.4) is 0 Å². The second-order valence-electron chi connectivity index (χ2n) is 6.15. The Balaban J connectivity index is 1.80. The average molecular weight is 268 g/mol. The Morgan fingerprint density at radius 1 is 1.26 bits per heavy atom. The molecule has 0 aromatic rings. The van der Waals surface area contributed by atoms with Crippen molar-refractivity contribution in [2.24, 2.45) is 5.92 Å². The SMILES string of the molecule is COCC1(CNC(=O)C2CCCCCC2)CCCN1. The topological polar surface area (TPSA) is 50.4 Å². The number of methoxy groups -OCH3 is 1. The van der Waals surface area contributed by atoms with Crippen LogP contribution in [0.2, 0.25) is 0 Å². The summed E-state index contributed by atoms with van der Waals surface area (Å²) >= 11 is 0. The van der Waals surface area contributed by atoms with E-state index in [0.29, 0.717) is 13.2 Å². The molecule has 0 spiro atoms. The van der Waals surface area contributed by atoms with Crippen LogP contribution in [0, 0.1) is 5.92 Å². The molecule has 1 unspecified atom stereocenters. The Morgan fingerprint density at radius 3 is 2.58 bits per heavy atom. The predicted octanol–water partition coefficient (Wildman–Crippen LogP) is 1.84. The molecule has 110 valence electrons. The van der Waals surface area contributed by atoms with E-state index in [2.05, 4.69) is 10.6 Å². The van der Waals surface area contributed by atoms with Crippen LogP contribution in [-0.2, 0) is 9.53 Å². The van der Waals surface area contributed by atoms with Gasteiger partial charge < -0.3 is 15.4 Å². The summed E-state index contributed by atoms with van der Waals surface area (Å²) in [5, 5.41) is 6.67. The number of hydrogen-bond donors (Lipinski definition) is 2. The van der Waals surface area contributed by atoms with Gasteiger partial charge >= 0.3 is 0 Å². The smallest absolute Gasteiger partial charge is 0.223 e. The number of nitrogens with one attached hydrogen (secondary N) is 2.